The third-order valence-electron chi connectivity index (χ3n) is 3.16. The van der Waals surface area contributed by atoms with E-state index in [1.807, 2.05) is 36.9 Å². The van der Waals surface area contributed by atoms with E-state index in [-0.39, 0.29) is 0 Å². The predicted octanol–water partition coefficient (Wildman–Crippen LogP) is 2.95. The number of aromatic nitrogens is 2. The molecule has 0 radical (unpaired) electrons. The normalized spacial score (nSPS) is 11.0. The summed E-state index contributed by atoms with van der Waals surface area (Å²) in [4.78, 5) is 10.6. The van der Waals surface area contributed by atoms with Gasteiger partial charge in [0.25, 0.3) is 0 Å². The van der Waals surface area contributed by atoms with Crippen molar-refractivity contribution in [2.45, 2.75) is 6.92 Å². The second-order valence-electron chi connectivity index (χ2n) is 4.26. The van der Waals surface area contributed by atoms with Crippen molar-refractivity contribution in [2.24, 2.45) is 7.05 Å². The minimum atomic E-state index is 0.341. The SMILES string of the molecule is Cc1c2cc(-c3ccc(C=O)o3)ccc2nn1C. The molecule has 4 heteroatoms. The zero-order valence-electron chi connectivity index (χ0n) is 10.2. The summed E-state index contributed by atoms with van der Waals surface area (Å²) in [6.45, 7) is 2.03. The first-order valence-corrected chi connectivity index (χ1v) is 5.68. The second-order valence-corrected chi connectivity index (χ2v) is 4.26. The van der Waals surface area contributed by atoms with Gasteiger partial charge < -0.3 is 4.42 Å². The van der Waals surface area contributed by atoms with Crippen LogP contribution in [0.1, 0.15) is 16.2 Å². The maximum Gasteiger partial charge on any atom is 0.185 e. The molecule has 0 bridgehead atoms. The highest BCUT2D eigenvalue weighted by Crippen LogP contribution is 2.26. The van der Waals surface area contributed by atoms with E-state index in [1.54, 1.807) is 12.1 Å². The Balaban J connectivity index is 2.17. The highest BCUT2D eigenvalue weighted by Gasteiger charge is 2.09. The number of hydrogen-bond donors (Lipinski definition) is 0. The van der Waals surface area contributed by atoms with E-state index >= 15 is 0 Å². The highest BCUT2D eigenvalue weighted by molar-refractivity contribution is 5.86. The van der Waals surface area contributed by atoms with Crippen LogP contribution in [0.2, 0.25) is 0 Å². The van der Waals surface area contributed by atoms with Gasteiger partial charge in [0.05, 0.1) is 5.52 Å². The van der Waals surface area contributed by atoms with Gasteiger partial charge >= 0.3 is 0 Å². The number of nitrogens with zero attached hydrogens (tertiary/aromatic N) is 2. The molecule has 0 amide bonds. The van der Waals surface area contributed by atoms with Gasteiger partial charge in [-0.3, -0.25) is 9.48 Å². The lowest BCUT2D eigenvalue weighted by Gasteiger charge is -1.97. The lowest BCUT2D eigenvalue weighted by Crippen LogP contribution is -1.91. The fraction of sp³-hybridized carbons (Fsp3) is 0.143. The van der Waals surface area contributed by atoms with E-state index in [9.17, 15) is 4.79 Å². The van der Waals surface area contributed by atoms with Crippen LogP contribution in [0.15, 0.2) is 34.7 Å². The zero-order valence-corrected chi connectivity index (χ0v) is 10.2. The van der Waals surface area contributed by atoms with Gasteiger partial charge in [0, 0.05) is 23.7 Å². The van der Waals surface area contributed by atoms with Crippen molar-refractivity contribution in [3.8, 4) is 11.3 Å². The molecule has 0 aliphatic rings. The summed E-state index contributed by atoms with van der Waals surface area (Å²) in [5.74, 6) is 1.04. The van der Waals surface area contributed by atoms with Crippen molar-refractivity contribution in [3.05, 3.63) is 41.8 Å². The molecule has 0 aliphatic carbocycles. The highest BCUT2D eigenvalue weighted by atomic mass is 16.3. The van der Waals surface area contributed by atoms with Crippen LogP contribution >= 0.6 is 0 Å². The van der Waals surface area contributed by atoms with Crippen molar-refractivity contribution < 1.29 is 9.21 Å². The lowest BCUT2D eigenvalue weighted by atomic mass is 10.1. The van der Waals surface area contributed by atoms with Gasteiger partial charge in [0.1, 0.15) is 5.76 Å². The number of hydrogen-bond acceptors (Lipinski definition) is 3. The molecule has 1 aromatic carbocycles. The lowest BCUT2D eigenvalue weighted by molar-refractivity contribution is 0.110. The smallest absolute Gasteiger partial charge is 0.185 e. The van der Waals surface area contributed by atoms with Crippen LogP contribution in [0.5, 0.6) is 0 Å². The molecule has 4 nitrogen and oxygen atoms in total. The van der Waals surface area contributed by atoms with Crippen LogP contribution in [-0.4, -0.2) is 16.1 Å². The van der Waals surface area contributed by atoms with Crippen LogP contribution in [0.3, 0.4) is 0 Å². The van der Waals surface area contributed by atoms with E-state index in [4.69, 9.17) is 4.42 Å². The number of carbonyl (C=O) groups excluding carboxylic acids is 1. The van der Waals surface area contributed by atoms with Crippen molar-refractivity contribution in [2.75, 3.05) is 0 Å². The summed E-state index contributed by atoms with van der Waals surface area (Å²) in [6, 6.07) is 9.41. The number of fused-ring (bicyclic) bond motifs is 1. The van der Waals surface area contributed by atoms with Crippen molar-refractivity contribution in [3.63, 3.8) is 0 Å². The van der Waals surface area contributed by atoms with E-state index in [1.165, 1.54) is 0 Å². The molecule has 0 N–H and O–H groups in total. The number of benzene rings is 1. The molecular weight excluding hydrogens is 228 g/mol. The molecule has 0 saturated heterocycles. The summed E-state index contributed by atoms with van der Waals surface area (Å²) in [6.07, 6.45) is 0.706. The minimum Gasteiger partial charge on any atom is -0.453 e. The Hall–Kier alpha value is -2.36. The molecule has 2 heterocycles. The first kappa shape index (κ1) is 10.8. The van der Waals surface area contributed by atoms with Crippen LogP contribution in [-0.2, 0) is 7.05 Å². The van der Waals surface area contributed by atoms with E-state index in [0.717, 1.165) is 22.2 Å². The third kappa shape index (κ3) is 1.54. The standard InChI is InChI=1S/C14H12N2O2/c1-9-12-7-10(3-5-13(12)15-16(9)2)14-6-4-11(8-17)18-14/h3-8H,1-2H3. The number of rotatable bonds is 2. The van der Waals surface area contributed by atoms with Gasteiger partial charge in [-0.15, -0.1) is 0 Å². The quantitative estimate of drug-likeness (QED) is 0.647. The van der Waals surface area contributed by atoms with E-state index in [0.29, 0.717) is 17.8 Å². The van der Waals surface area contributed by atoms with Crippen molar-refractivity contribution >= 4 is 17.2 Å². The van der Waals surface area contributed by atoms with Crippen LogP contribution in [0.25, 0.3) is 22.2 Å². The molecule has 0 aliphatic heterocycles. The predicted molar refractivity (Wildman–Crippen MR) is 68.5 cm³/mol. The first-order valence-electron chi connectivity index (χ1n) is 5.68. The van der Waals surface area contributed by atoms with Gasteiger partial charge in [-0.05, 0) is 37.3 Å². The van der Waals surface area contributed by atoms with E-state index in [2.05, 4.69) is 5.10 Å². The molecule has 0 unspecified atom stereocenters. The summed E-state index contributed by atoms with van der Waals surface area (Å²) < 4.78 is 7.27. The second kappa shape index (κ2) is 3.84. The average molecular weight is 240 g/mol. The topological polar surface area (TPSA) is 48.0 Å². The fourth-order valence-electron chi connectivity index (χ4n) is 2.05. The zero-order chi connectivity index (χ0) is 12.7. The Morgan fingerprint density at radius 3 is 2.83 bits per heavy atom. The molecule has 18 heavy (non-hydrogen) atoms. The largest absolute Gasteiger partial charge is 0.453 e. The Labute approximate surface area is 104 Å². The molecule has 0 spiro atoms. The summed E-state index contributed by atoms with van der Waals surface area (Å²) in [7, 11) is 1.92. The van der Waals surface area contributed by atoms with Crippen LogP contribution < -0.4 is 0 Å². The Bertz CT molecular complexity index is 737. The van der Waals surface area contributed by atoms with Gasteiger partial charge in [-0.1, -0.05) is 0 Å². The Morgan fingerprint density at radius 2 is 2.11 bits per heavy atom. The van der Waals surface area contributed by atoms with Crippen molar-refractivity contribution in [1.82, 2.24) is 9.78 Å². The summed E-state index contributed by atoms with van der Waals surface area (Å²) >= 11 is 0. The average Bonchev–Trinajstić information content (AvgIpc) is 2.96. The maximum atomic E-state index is 10.6. The minimum absolute atomic E-state index is 0.341. The first-order chi connectivity index (χ1) is 8.69. The molecular formula is C14H12N2O2. The van der Waals surface area contributed by atoms with Crippen LogP contribution in [0.4, 0.5) is 0 Å². The summed E-state index contributed by atoms with van der Waals surface area (Å²) in [5.41, 5.74) is 3.02. The maximum absolute atomic E-state index is 10.6. The third-order valence-corrected chi connectivity index (χ3v) is 3.16. The number of carbonyl (C=O) groups is 1. The van der Waals surface area contributed by atoms with Gasteiger partial charge in [0.15, 0.2) is 12.0 Å². The van der Waals surface area contributed by atoms with Crippen LogP contribution in [0, 0.1) is 6.92 Å². The Kier molecular flexibility index (Phi) is 2.30. The number of furan rings is 1. The Morgan fingerprint density at radius 1 is 1.28 bits per heavy atom. The number of aryl methyl sites for hydroxylation is 2. The molecule has 3 aromatic rings. The van der Waals surface area contributed by atoms with E-state index < -0.39 is 0 Å². The van der Waals surface area contributed by atoms with Gasteiger partial charge in [-0.25, -0.2) is 0 Å². The van der Waals surface area contributed by atoms with Crippen molar-refractivity contribution in [1.29, 1.82) is 0 Å². The van der Waals surface area contributed by atoms with Gasteiger partial charge in [0.2, 0.25) is 0 Å². The molecule has 0 atom stereocenters. The molecule has 0 saturated carbocycles. The summed E-state index contributed by atoms with van der Waals surface area (Å²) in [5, 5.41) is 5.50. The molecule has 2 aromatic heterocycles. The van der Waals surface area contributed by atoms with Gasteiger partial charge in [-0.2, -0.15) is 5.10 Å². The molecule has 3 rings (SSSR count). The molecule has 90 valence electrons. The number of aldehydes is 1. The fourth-order valence-corrected chi connectivity index (χ4v) is 2.05. The molecule has 0 fully saturated rings. The monoisotopic (exact) mass is 240 g/mol.